The van der Waals surface area contributed by atoms with Crippen molar-refractivity contribution in [1.29, 1.82) is 0 Å². The van der Waals surface area contributed by atoms with Crippen molar-refractivity contribution >= 4 is 27.2 Å². The van der Waals surface area contributed by atoms with Gasteiger partial charge in [-0.05, 0) is 35.4 Å². The zero-order valence-electron chi connectivity index (χ0n) is 21.3. The molecule has 2 aromatic heterocycles. The average Bonchev–Trinajstić information content (AvgIpc) is 3.44. The van der Waals surface area contributed by atoms with Crippen molar-refractivity contribution in [2.75, 3.05) is 18.6 Å². The Hall–Kier alpha value is -3.44. The Morgan fingerprint density at radius 1 is 0.976 bits per heavy atom. The van der Waals surface area contributed by atoms with Gasteiger partial charge in [0, 0.05) is 13.6 Å². The lowest BCUT2D eigenvalue weighted by molar-refractivity contribution is -0.0682. The van der Waals surface area contributed by atoms with Crippen molar-refractivity contribution in [1.82, 2.24) is 19.5 Å². The number of hydrogen-bond acceptors (Lipinski definition) is 8. The minimum Gasteiger partial charge on any atom is -0.387 e. The summed E-state index contributed by atoms with van der Waals surface area (Å²) in [7, 11) is -8.03. The highest BCUT2D eigenvalue weighted by atomic mass is 32.5. The lowest BCUT2D eigenvalue weighted by atomic mass is 10.1. The van der Waals surface area contributed by atoms with Gasteiger partial charge >= 0.3 is 10.2 Å². The van der Waals surface area contributed by atoms with E-state index in [9.17, 15) is 34.0 Å². The molecule has 41 heavy (non-hydrogen) atoms. The normalized spacial score (nSPS) is 23.0. The zero-order chi connectivity index (χ0) is 29.6. The molecule has 0 saturated carbocycles. The Bertz CT molecular complexity index is 1560. The van der Waals surface area contributed by atoms with Gasteiger partial charge in [0.2, 0.25) is 0 Å². The molecule has 0 amide bonds. The maximum atomic E-state index is 13.6. The molecule has 2 aromatic carbocycles. The standard InChI is InChI=1S/C25H25F6N5O4S/c1-35(10-16-3-2-4-17(26)9-16)23-20-24(33-13-32-23)36(14-34-20)25-22(38)21(37)19(40-25)12-39-11-15-5-7-18(8-6-15)41(27,28,29,30)31/h2-9,13-14,19,21-22,25,37-38H,10-12H2,1H3/t19-,21-,22-,25-/m1/s1. The van der Waals surface area contributed by atoms with E-state index in [0.29, 0.717) is 29.1 Å². The van der Waals surface area contributed by atoms with Crippen LogP contribution in [0.3, 0.4) is 0 Å². The second-order valence-electron chi connectivity index (χ2n) is 9.68. The summed E-state index contributed by atoms with van der Waals surface area (Å²) in [5, 5.41) is 21.2. The number of fused-ring (bicyclic) bond motifs is 1. The summed E-state index contributed by atoms with van der Waals surface area (Å²) < 4.78 is 90.8. The highest BCUT2D eigenvalue weighted by Gasteiger charge is 2.65. The number of rotatable bonds is 9. The van der Waals surface area contributed by atoms with Gasteiger partial charge in [0.25, 0.3) is 0 Å². The summed E-state index contributed by atoms with van der Waals surface area (Å²) in [5.74, 6) is 0.0599. The number of benzene rings is 2. The van der Waals surface area contributed by atoms with Crippen molar-refractivity contribution in [2.24, 2.45) is 0 Å². The Balaban J connectivity index is 1.25. The van der Waals surface area contributed by atoms with Crippen molar-refractivity contribution in [3.8, 4) is 0 Å². The monoisotopic (exact) mass is 605 g/mol. The molecule has 0 unspecified atom stereocenters. The topological polar surface area (TPSA) is 106 Å². The number of imidazole rings is 1. The van der Waals surface area contributed by atoms with Crippen LogP contribution in [0.4, 0.5) is 29.6 Å². The van der Waals surface area contributed by atoms with Gasteiger partial charge in [-0.2, -0.15) is 0 Å². The van der Waals surface area contributed by atoms with E-state index in [1.165, 1.54) is 29.4 Å². The van der Waals surface area contributed by atoms with Crippen molar-refractivity contribution in [2.45, 2.75) is 42.6 Å². The molecule has 1 saturated heterocycles. The van der Waals surface area contributed by atoms with Gasteiger partial charge < -0.3 is 24.6 Å². The van der Waals surface area contributed by atoms with Crippen molar-refractivity contribution in [3.05, 3.63) is 78.1 Å². The van der Waals surface area contributed by atoms with Gasteiger partial charge in [0.1, 0.15) is 35.4 Å². The predicted octanol–water partition coefficient (Wildman–Crippen LogP) is 5.10. The highest BCUT2D eigenvalue weighted by Crippen LogP contribution is 3.02. The van der Waals surface area contributed by atoms with E-state index in [1.54, 1.807) is 24.1 Å². The van der Waals surface area contributed by atoms with Crippen LogP contribution in [-0.4, -0.2) is 61.7 Å². The van der Waals surface area contributed by atoms with Crippen LogP contribution in [0.1, 0.15) is 17.4 Å². The minimum absolute atomic E-state index is 0.187. The molecule has 0 spiro atoms. The highest BCUT2D eigenvalue weighted by molar-refractivity contribution is 8.45. The van der Waals surface area contributed by atoms with Gasteiger partial charge in [-0.3, -0.25) is 4.57 Å². The fourth-order valence-electron chi connectivity index (χ4n) is 4.52. The fraction of sp³-hybridized carbons (Fsp3) is 0.320. The third-order valence-electron chi connectivity index (χ3n) is 6.54. The number of nitrogens with zero attached hydrogens (tertiary/aromatic N) is 5. The Kier molecular flexibility index (Phi) is 6.97. The SMILES string of the molecule is CN(Cc1cccc(F)c1)c1ncnc2c1ncn2[C@@H]1O[C@H](COCc2ccc(S(F)(F)(F)(F)F)cc2)[C@@H](O)[C@H]1O. The molecule has 16 heteroatoms. The summed E-state index contributed by atoms with van der Waals surface area (Å²) in [4.78, 5) is 12.6. The molecule has 1 aliphatic rings. The molecule has 2 N–H and O–H groups in total. The van der Waals surface area contributed by atoms with Gasteiger partial charge in [0.05, 0.1) is 19.5 Å². The van der Waals surface area contributed by atoms with E-state index in [1.807, 2.05) is 0 Å². The van der Waals surface area contributed by atoms with Gasteiger partial charge in [-0.25, -0.2) is 19.3 Å². The van der Waals surface area contributed by atoms with Crippen LogP contribution in [-0.2, 0) is 22.6 Å². The number of aliphatic hydroxyl groups is 2. The van der Waals surface area contributed by atoms with Crippen LogP contribution in [0.15, 0.2) is 66.1 Å². The molecule has 1 aliphatic heterocycles. The Morgan fingerprint density at radius 3 is 2.39 bits per heavy atom. The number of halogens is 6. The molecule has 3 heterocycles. The summed E-state index contributed by atoms with van der Waals surface area (Å²) in [6.45, 7) is -0.197. The quantitative estimate of drug-likeness (QED) is 0.254. The third-order valence-corrected chi connectivity index (χ3v) is 7.70. The van der Waals surface area contributed by atoms with E-state index in [-0.39, 0.29) is 36.7 Å². The zero-order valence-corrected chi connectivity index (χ0v) is 22.1. The molecule has 0 aliphatic carbocycles. The van der Waals surface area contributed by atoms with E-state index in [0.717, 1.165) is 12.1 Å². The molecule has 0 bridgehead atoms. The Morgan fingerprint density at radius 2 is 1.71 bits per heavy atom. The van der Waals surface area contributed by atoms with E-state index < -0.39 is 39.7 Å². The summed E-state index contributed by atoms with van der Waals surface area (Å²) in [6, 6.07) is 8.42. The first-order chi connectivity index (χ1) is 19.1. The third kappa shape index (κ3) is 6.25. The molecule has 9 nitrogen and oxygen atoms in total. The summed E-state index contributed by atoms with van der Waals surface area (Å²) in [6.07, 6.45) is -2.31. The molecule has 5 rings (SSSR count). The van der Waals surface area contributed by atoms with E-state index >= 15 is 0 Å². The predicted molar refractivity (Wildman–Crippen MR) is 137 cm³/mol. The first-order valence-electron chi connectivity index (χ1n) is 12.2. The fourth-order valence-corrected chi connectivity index (χ4v) is 5.17. The Labute approximate surface area is 229 Å². The number of hydrogen-bond donors (Lipinski definition) is 2. The maximum Gasteiger partial charge on any atom is 0.310 e. The van der Waals surface area contributed by atoms with Gasteiger partial charge in [-0.1, -0.05) is 43.7 Å². The lowest BCUT2D eigenvalue weighted by Gasteiger charge is -2.40. The second kappa shape index (κ2) is 9.84. The minimum atomic E-state index is -9.77. The lowest BCUT2D eigenvalue weighted by Crippen LogP contribution is -2.33. The molecule has 1 fully saturated rings. The van der Waals surface area contributed by atoms with Gasteiger partial charge in [0.15, 0.2) is 23.2 Å². The maximum absolute atomic E-state index is 13.6. The van der Waals surface area contributed by atoms with Crippen molar-refractivity contribution < 1.29 is 43.5 Å². The first kappa shape index (κ1) is 29.1. The summed E-state index contributed by atoms with van der Waals surface area (Å²) >= 11 is 0. The molecule has 0 radical (unpaired) electrons. The molecular weight excluding hydrogens is 580 g/mol. The van der Waals surface area contributed by atoms with Crippen LogP contribution in [0, 0.1) is 5.82 Å². The van der Waals surface area contributed by atoms with Crippen LogP contribution < -0.4 is 4.90 Å². The van der Waals surface area contributed by atoms with E-state index in [2.05, 4.69) is 15.0 Å². The first-order valence-corrected chi connectivity index (χ1v) is 14.1. The summed E-state index contributed by atoms with van der Waals surface area (Å²) in [5.41, 5.74) is 1.55. The largest absolute Gasteiger partial charge is 0.387 e. The number of anilines is 1. The molecule has 4 atom stereocenters. The smallest absolute Gasteiger partial charge is 0.310 e. The van der Waals surface area contributed by atoms with Gasteiger partial charge in [-0.15, -0.1) is 0 Å². The van der Waals surface area contributed by atoms with Crippen LogP contribution in [0.5, 0.6) is 0 Å². The number of aliphatic hydroxyl groups excluding tert-OH is 2. The molecule has 4 aromatic rings. The second-order valence-corrected chi connectivity index (χ2v) is 12.1. The van der Waals surface area contributed by atoms with E-state index in [4.69, 9.17) is 9.47 Å². The van der Waals surface area contributed by atoms with Crippen LogP contribution in [0.25, 0.3) is 11.2 Å². The number of aromatic nitrogens is 4. The number of ether oxygens (including phenoxy) is 2. The van der Waals surface area contributed by atoms with Crippen LogP contribution >= 0.6 is 10.2 Å². The van der Waals surface area contributed by atoms with Crippen LogP contribution in [0.2, 0.25) is 0 Å². The average molecular weight is 606 g/mol. The molecule has 222 valence electrons. The van der Waals surface area contributed by atoms with Crippen molar-refractivity contribution in [3.63, 3.8) is 0 Å². The molecular formula is C25H25F6N5O4S.